The fourth-order valence-corrected chi connectivity index (χ4v) is 2.92. The molecule has 0 aliphatic rings. The van der Waals surface area contributed by atoms with Crippen LogP contribution in [0.15, 0.2) is 24.3 Å². The van der Waals surface area contributed by atoms with E-state index in [1.165, 1.54) is 0 Å². The Bertz CT molecular complexity index is 537. The summed E-state index contributed by atoms with van der Waals surface area (Å²) in [5.74, 6) is 0. The zero-order valence-corrected chi connectivity index (χ0v) is 17.0. The first kappa shape index (κ1) is 26.9. The second kappa shape index (κ2) is 16.8. The van der Waals surface area contributed by atoms with Crippen LogP contribution in [-0.4, -0.2) is 50.6 Å². The minimum absolute atomic E-state index is 0.111. The van der Waals surface area contributed by atoms with Crippen molar-refractivity contribution >= 4 is 6.29 Å². The van der Waals surface area contributed by atoms with E-state index in [2.05, 4.69) is 0 Å². The van der Waals surface area contributed by atoms with Gasteiger partial charge in [0, 0.05) is 29.1 Å². The third-order valence-electron chi connectivity index (χ3n) is 4.67. The highest BCUT2D eigenvalue weighted by atomic mass is 16.6. The van der Waals surface area contributed by atoms with Crippen molar-refractivity contribution in [3.05, 3.63) is 44.5 Å². The lowest BCUT2D eigenvalue weighted by Gasteiger charge is -2.14. The molecule has 0 aromatic heterocycles. The summed E-state index contributed by atoms with van der Waals surface area (Å²) in [6.45, 7) is 2.01. The van der Waals surface area contributed by atoms with Crippen molar-refractivity contribution in [2.75, 3.05) is 0 Å². The number of aliphatic hydroxyl groups excluding tert-OH is 2. The maximum Gasteiger partial charge on any atom is 0.238 e. The Morgan fingerprint density at radius 2 is 1.34 bits per heavy atom. The van der Waals surface area contributed by atoms with Crippen LogP contribution in [0.4, 0.5) is 0 Å². The van der Waals surface area contributed by atoms with Crippen LogP contribution in [-0.2, 0) is 4.79 Å². The lowest BCUT2D eigenvalue weighted by atomic mass is 10.0. The molecule has 0 fully saturated rings. The quantitative estimate of drug-likeness (QED) is 0.152. The highest BCUT2D eigenvalue weighted by Crippen LogP contribution is 2.14. The van der Waals surface area contributed by atoms with Gasteiger partial charge in [0.25, 0.3) is 0 Å². The van der Waals surface area contributed by atoms with E-state index in [9.17, 15) is 35.2 Å². The van der Waals surface area contributed by atoms with Crippen molar-refractivity contribution in [2.45, 2.75) is 95.4 Å². The van der Waals surface area contributed by atoms with Crippen molar-refractivity contribution < 1.29 is 24.9 Å². The zero-order chi connectivity index (χ0) is 22.1. The first-order valence-corrected chi connectivity index (χ1v) is 10.1. The molecule has 0 spiro atoms. The molecule has 0 aliphatic carbocycles. The molecule has 0 rings (SSSR count). The molecule has 9 heteroatoms. The predicted molar refractivity (Wildman–Crippen MR) is 109 cm³/mol. The lowest BCUT2D eigenvalue weighted by molar-refractivity contribution is -0.535. The van der Waals surface area contributed by atoms with Gasteiger partial charge in [-0.05, 0) is 32.1 Å². The molecule has 0 bridgehead atoms. The van der Waals surface area contributed by atoms with E-state index in [1.54, 1.807) is 30.6 Å². The maximum absolute atomic E-state index is 11.1. The number of rotatable bonds is 18. The molecule has 2 N–H and O–H groups in total. The molecule has 0 saturated heterocycles. The monoisotopic (exact) mass is 413 g/mol. The van der Waals surface area contributed by atoms with Gasteiger partial charge in [0.2, 0.25) is 12.1 Å². The second-order valence-corrected chi connectivity index (χ2v) is 7.02. The number of hydrogen-bond acceptors (Lipinski definition) is 7. The fourth-order valence-electron chi connectivity index (χ4n) is 2.92. The van der Waals surface area contributed by atoms with E-state index in [0.717, 1.165) is 12.8 Å². The van der Waals surface area contributed by atoms with Crippen molar-refractivity contribution in [3.8, 4) is 0 Å². The van der Waals surface area contributed by atoms with Crippen molar-refractivity contribution in [1.29, 1.82) is 0 Å². The highest BCUT2D eigenvalue weighted by Gasteiger charge is 2.28. The van der Waals surface area contributed by atoms with Crippen LogP contribution in [0.25, 0.3) is 0 Å². The molecule has 1 radical (unpaired) electrons. The minimum Gasteiger partial charge on any atom is -0.386 e. The lowest BCUT2D eigenvalue weighted by Crippen LogP contribution is -2.33. The molecule has 0 aromatic rings. The van der Waals surface area contributed by atoms with Gasteiger partial charge in [-0.15, -0.1) is 0 Å². The van der Waals surface area contributed by atoms with Crippen LogP contribution < -0.4 is 0 Å². The number of nitrogens with zero attached hydrogens (tertiary/aromatic N) is 2. The Balaban J connectivity index is 4.29. The molecule has 165 valence electrons. The summed E-state index contributed by atoms with van der Waals surface area (Å²) in [5, 5.41) is 42.1. The van der Waals surface area contributed by atoms with E-state index in [-0.39, 0.29) is 25.7 Å². The zero-order valence-electron chi connectivity index (χ0n) is 17.0. The van der Waals surface area contributed by atoms with Crippen LogP contribution in [0, 0.1) is 20.2 Å². The van der Waals surface area contributed by atoms with Gasteiger partial charge >= 0.3 is 0 Å². The average molecular weight is 413 g/mol. The summed E-state index contributed by atoms with van der Waals surface area (Å²) in [4.78, 5) is 31.3. The largest absolute Gasteiger partial charge is 0.386 e. The van der Waals surface area contributed by atoms with Gasteiger partial charge in [0.15, 0.2) is 6.29 Å². The molecule has 0 aliphatic heterocycles. The standard InChI is InChI=1S/C20H33N2O7/c1-2-3-7-12-17(21(26)27)19(24)14-8-5-4-6-9-15-20(25)18(22(28)29)13-10-11-16-23/h5-6,8-9,17-20,24-25H,2-4,7,10-15H2,1H3/b8-5-,9-6-. The van der Waals surface area contributed by atoms with Crippen molar-refractivity contribution in [2.24, 2.45) is 0 Å². The first-order chi connectivity index (χ1) is 13.8. The normalized spacial score (nSPS) is 16.0. The smallest absolute Gasteiger partial charge is 0.238 e. The molecule has 29 heavy (non-hydrogen) atoms. The minimum atomic E-state index is -1.14. The first-order valence-electron chi connectivity index (χ1n) is 10.1. The summed E-state index contributed by atoms with van der Waals surface area (Å²) in [5.41, 5.74) is 0. The number of allylic oxidation sites excluding steroid dienone is 2. The molecule has 0 amide bonds. The molecular weight excluding hydrogens is 380 g/mol. The number of aliphatic hydroxyl groups is 2. The highest BCUT2D eigenvalue weighted by molar-refractivity contribution is 5.50. The van der Waals surface area contributed by atoms with Gasteiger partial charge in [0.1, 0.15) is 12.2 Å². The molecule has 4 unspecified atom stereocenters. The molecule has 0 saturated carbocycles. The van der Waals surface area contributed by atoms with Crippen molar-refractivity contribution in [3.63, 3.8) is 0 Å². The average Bonchev–Trinajstić information content (AvgIpc) is 2.66. The fraction of sp³-hybridized carbons (Fsp3) is 0.750. The summed E-state index contributed by atoms with van der Waals surface area (Å²) < 4.78 is 0. The van der Waals surface area contributed by atoms with E-state index in [1.807, 2.05) is 6.92 Å². The molecule has 0 heterocycles. The number of nitro groups is 2. The summed E-state index contributed by atoms with van der Waals surface area (Å²) >= 11 is 0. The van der Waals surface area contributed by atoms with Gasteiger partial charge in [0.05, 0.1) is 0 Å². The number of hydrogen-bond donors (Lipinski definition) is 2. The second-order valence-electron chi connectivity index (χ2n) is 7.02. The summed E-state index contributed by atoms with van der Waals surface area (Å²) in [6, 6.07) is -2.08. The van der Waals surface area contributed by atoms with Gasteiger partial charge in [-0.3, -0.25) is 25.0 Å². The molecule has 4 atom stereocenters. The number of unbranched alkanes of at least 4 members (excludes halogenated alkanes) is 3. The number of carbonyl (C=O) groups excluding carboxylic acids is 1. The van der Waals surface area contributed by atoms with Crippen LogP contribution in [0.5, 0.6) is 0 Å². The molecular formula is C20H33N2O7. The van der Waals surface area contributed by atoms with Crippen LogP contribution >= 0.6 is 0 Å². The Labute approximate surface area is 171 Å². The predicted octanol–water partition coefficient (Wildman–Crippen LogP) is 3.14. The van der Waals surface area contributed by atoms with Crippen LogP contribution in [0.2, 0.25) is 0 Å². The maximum atomic E-state index is 11.1. The third kappa shape index (κ3) is 12.8. The summed E-state index contributed by atoms with van der Waals surface area (Å²) in [6.07, 6.45) is 10.6. The van der Waals surface area contributed by atoms with E-state index < -0.39 is 34.1 Å². The van der Waals surface area contributed by atoms with Crippen molar-refractivity contribution in [1.82, 2.24) is 0 Å². The Morgan fingerprint density at radius 3 is 1.76 bits per heavy atom. The third-order valence-corrected chi connectivity index (χ3v) is 4.67. The van der Waals surface area contributed by atoms with E-state index in [4.69, 9.17) is 0 Å². The Hall–Kier alpha value is -2.13. The van der Waals surface area contributed by atoms with Crippen LogP contribution in [0.1, 0.15) is 71.1 Å². The topological polar surface area (TPSA) is 144 Å². The van der Waals surface area contributed by atoms with Gasteiger partial charge < -0.3 is 10.2 Å². The van der Waals surface area contributed by atoms with Gasteiger partial charge in [-0.2, -0.15) is 0 Å². The Kier molecular flexibility index (Phi) is 15.6. The molecule has 9 nitrogen and oxygen atoms in total. The Morgan fingerprint density at radius 1 is 0.862 bits per heavy atom. The van der Waals surface area contributed by atoms with E-state index in [0.29, 0.717) is 25.7 Å². The van der Waals surface area contributed by atoms with Crippen LogP contribution in [0.3, 0.4) is 0 Å². The summed E-state index contributed by atoms with van der Waals surface area (Å²) in [7, 11) is 0. The van der Waals surface area contributed by atoms with Gasteiger partial charge in [-0.25, -0.2) is 0 Å². The van der Waals surface area contributed by atoms with E-state index >= 15 is 0 Å². The SMILES string of the molecule is CCCCCC(C(O)C/C=C\C/C=C\CC(O)C(CCC[C]=O)[N+](=O)[O-])[N+](=O)[O-]. The van der Waals surface area contributed by atoms with Gasteiger partial charge in [-0.1, -0.05) is 44.1 Å². The molecule has 0 aromatic carbocycles.